The summed E-state index contributed by atoms with van der Waals surface area (Å²) in [4.78, 5) is 0. The van der Waals surface area contributed by atoms with Crippen molar-refractivity contribution in [2.45, 2.75) is 50.3 Å². The van der Waals surface area contributed by atoms with Crippen molar-refractivity contribution in [3.8, 4) is 0 Å². The molecule has 19 heavy (non-hydrogen) atoms. The third-order valence-corrected chi connectivity index (χ3v) is 5.50. The Kier molecular flexibility index (Phi) is 5.98. The molecule has 1 aromatic rings. The van der Waals surface area contributed by atoms with Crippen LogP contribution in [-0.2, 0) is 0 Å². The number of benzene rings is 1. The van der Waals surface area contributed by atoms with E-state index in [0.29, 0.717) is 21.0 Å². The molecule has 0 amide bonds. The minimum atomic E-state index is -0.284. The Bertz CT molecular complexity index is 428. The molecule has 1 fully saturated rings. The average Bonchev–Trinajstić information content (AvgIpc) is 2.62. The maximum atomic E-state index is 13.9. The van der Waals surface area contributed by atoms with Gasteiger partial charge in [-0.3, -0.25) is 0 Å². The Hall–Kier alpha value is 0.210. The summed E-state index contributed by atoms with van der Waals surface area (Å²) >= 11 is 15.7. The molecule has 1 aliphatic rings. The second-order valence-electron chi connectivity index (χ2n) is 5.35. The summed E-state index contributed by atoms with van der Waals surface area (Å²) in [5, 5.41) is 0.233. The van der Waals surface area contributed by atoms with Crippen LogP contribution in [0.3, 0.4) is 0 Å². The highest BCUT2D eigenvalue weighted by molar-refractivity contribution is 9.10. The Morgan fingerprint density at radius 2 is 1.84 bits per heavy atom. The van der Waals surface area contributed by atoms with Crippen molar-refractivity contribution in [3.63, 3.8) is 0 Å². The monoisotopic (exact) mass is 366 g/mol. The lowest BCUT2D eigenvalue weighted by atomic mass is 9.92. The SMILES string of the molecule is Fc1cc(Br)c(Cl)cc1C(Cl)CC1CCCCCC1. The standard InChI is InChI=1S/C15H18BrCl2F/c16-12-9-15(19)11(8-14(12)18)13(17)7-10-5-3-1-2-4-6-10/h8-10,13H,1-7H2. The molecule has 1 saturated carbocycles. The topological polar surface area (TPSA) is 0 Å². The quantitative estimate of drug-likeness (QED) is 0.310. The van der Waals surface area contributed by atoms with E-state index < -0.39 is 0 Å². The molecule has 1 aromatic carbocycles. The third-order valence-electron chi connectivity index (χ3n) is 3.89. The van der Waals surface area contributed by atoms with Crippen molar-refractivity contribution >= 4 is 39.1 Å². The normalized spacial score (nSPS) is 19.2. The zero-order valence-corrected chi connectivity index (χ0v) is 13.9. The predicted molar refractivity (Wildman–Crippen MR) is 83.5 cm³/mol. The molecular weight excluding hydrogens is 350 g/mol. The van der Waals surface area contributed by atoms with Gasteiger partial charge in [0.15, 0.2) is 0 Å². The van der Waals surface area contributed by atoms with Gasteiger partial charge in [-0.2, -0.15) is 0 Å². The van der Waals surface area contributed by atoms with E-state index in [1.807, 2.05) is 0 Å². The van der Waals surface area contributed by atoms with Crippen LogP contribution < -0.4 is 0 Å². The summed E-state index contributed by atoms with van der Waals surface area (Å²) in [7, 11) is 0. The van der Waals surface area contributed by atoms with Gasteiger partial charge in [-0.25, -0.2) is 4.39 Å². The van der Waals surface area contributed by atoms with Gasteiger partial charge in [-0.1, -0.05) is 50.1 Å². The molecule has 1 unspecified atom stereocenters. The van der Waals surface area contributed by atoms with E-state index in [9.17, 15) is 4.39 Å². The van der Waals surface area contributed by atoms with Gasteiger partial charge >= 0.3 is 0 Å². The Morgan fingerprint density at radius 1 is 1.21 bits per heavy atom. The fourth-order valence-electron chi connectivity index (χ4n) is 2.80. The van der Waals surface area contributed by atoms with Crippen molar-refractivity contribution in [3.05, 3.63) is 33.0 Å². The fraction of sp³-hybridized carbons (Fsp3) is 0.600. The van der Waals surface area contributed by atoms with Crippen molar-refractivity contribution < 1.29 is 4.39 Å². The number of alkyl halides is 1. The summed E-state index contributed by atoms with van der Waals surface area (Å²) in [6.45, 7) is 0. The van der Waals surface area contributed by atoms with E-state index in [1.165, 1.54) is 44.6 Å². The van der Waals surface area contributed by atoms with E-state index in [2.05, 4.69) is 15.9 Å². The van der Waals surface area contributed by atoms with Crippen molar-refractivity contribution in [1.82, 2.24) is 0 Å². The van der Waals surface area contributed by atoms with Gasteiger partial charge in [0.25, 0.3) is 0 Å². The predicted octanol–water partition coefficient (Wildman–Crippen LogP) is 6.88. The Morgan fingerprint density at radius 3 is 2.47 bits per heavy atom. The molecule has 106 valence electrons. The number of halogens is 4. The largest absolute Gasteiger partial charge is 0.207 e. The molecule has 0 nitrogen and oxygen atoms in total. The molecule has 0 radical (unpaired) electrons. The van der Waals surface area contributed by atoms with Crippen LogP contribution in [0.2, 0.25) is 5.02 Å². The smallest absolute Gasteiger partial charge is 0.129 e. The number of hydrogen-bond donors (Lipinski definition) is 0. The number of rotatable bonds is 3. The van der Waals surface area contributed by atoms with Crippen LogP contribution in [0.25, 0.3) is 0 Å². The minimum Gasteiger partial charge on any atom is -0.207 e. The van der Waals surface area contributed by atoms with E-state index in [-0.39, 0.29) is 11.2 Å². The molecule has 1 aliphatic carbocycles. The summed E-state index contributed by atoms with van der Waals surface area (Å²) < 4.78 is 14.5. The summed E-state index contributed by atoms with van der Waals surface area (Å²) in [5.74, 6) is 0.344. The Balaban J connectivity index is 2.06. The van der Waals surface area contributed by atoms with Crippen molar-refractivity contribution in [2.75, 3.05) is 0 Å². The lowest BCUT2D eigenvalue weighted by Crippen LogP contribution is -2.05. The molecule has 0 spiro atoms. The van der Waals surface area contributed by atoms with Gasteiger partial charge in [0, 0.05) is 10.0 Å². The van der Waals surface area contributed by atoms with Crippen molar-refractivity contribution in [2.24, 2.45) is 5.92 Å². The highest BCUT2D eigenvalue weighted by Crippen LogP contribution is 2.37. The van der Waals surface area contributed by atoms with Gasteiger partial charge in [0.1, 0.15) is 5.82 Å². The van der Waals surface area contributed by atoms with Gasteiger partial charge in [0.2, 0.25) is 0 Å². The molecule has 0 aliphatic heterocycles. The summed E-state index contributed by atoms with van der Waals surface area (Å²) in [5.41, 5.74) is 0.527. The first-order valence-electron chi connectivity index (χ1n) is 6.86. The molecular formula is C15H18BrCl2F. The molecule has 0 N–H and O–H groups in total. The van der Waals surface area contributed by atoms with Crippen LogP contribution >= 0.6 is 39.1 Å². The second-order valence-corrected chi connectivity index (χ2v) is 7.14. The van der Waals surface area contributed by atoms with Crippen LogP contribution in [0.1, 0.15) is 55.9 Å². The van der Waals surface area contributed by atoms with Crippen molar-refractivity contribution in [1.29, 1.82) is 0 Å². The Labute approximate surface area is 132 Å². The summed E-state index contributed by atoms with van der Waals surface area (Å²) in [6.07, 6.45) is 8.47. The first kappa shape index (κ1) is 15.6. The van der Waals surface area contributed by atoms with Crippen LogP contribution in [0, 0.1) is 11.7 Å². The highest BCUT2D eigenvalue weighted by atomic mass is 79.9. The van der Waals surface area contributed by atoms with Gasteiger partial charge in [0.05, 0.1) is 10.4 Å². The molecule has 0 heterocycles. The van der Waals surface area contributed by atoms with E-state index in [4.69, 9.17) is 23.2 Å². The molecule has 4 heteroatoms. The molecule has 1 atom stereocenters. The van der Waals surface area contributed by atoms with Gasteiger partial charge in [-0.05, 0) is 40.4 Å². The first-order chi connectivity index (χ1) is 9.08. The fourth-order valence-corrected chi connectivity index (χ4v) is 3.70. The number of hydrogen-bond acceptors (Lipinski definition) is 0. The van der Waals surface area contributed by atoms with Crippen LogP contribution in [0.15, 0.2) is 16.6 Å². The third kappa shape index (κ3) is 4.34. The highest BCUT2D eigenvalue weighted by Gasteiger charge is 2.21. The lowest BCUT2D eigenvalue weighted by molar-refractivity contribution is 0.419. The maximum absolute atomic E-state index is 13.9. The minimum absolute atomic E-state index is 0.273. The molecule has 2 rings (SSSR count). The molecule has 0 saturated heterocycles. The zero-order chi connectivity index (χ0) is 13.8. The average molecular weight is 368 g/mol. The van der Waals surface area contributed by atoms with Gasteiger partial charge < -0.3 is 0 Å². The lowest BCUT2D eigenvalue weighted by Gasteiger charge is -2.19. The maximum Gasteiger partial charge on any atom is 0.129 e. The van der Waals surface area contributed by atoms with Gasteiger partial charge in [-0.15, -0.1) is 11.6 Å². The van der Waals surface area contributed by atoms with Crippen LogP contribution in [0.4, 0.5) is 4.39 Å². The van der Waals surface area contributed by atoms with Crippen LogP contribution in [-0.4, -0.2) is 0 Å². The summed E-state index contributed by atoms with van der Waals surface area (Å²) in [6, 6.07) is 3.05. The van der Waals surface area contributed by atoms with E-state index in [0.717, 1.165) is 6.42 Å². The first-order valence-corrected chi connectivity index (χ1v) is 8.47. The zero-order valence-electron chi connectivity index (χ0n) is 10.8. The van der Waals surface area contributed by atoms with Crippen LogP contribution in [0.5, 0.6) is 0 Å². The van der Waals surface area contributed by atoms with E-state index in [1.54, 1.807) is 6.07 Å². The second kappa shape index (κ2) is 7.28. The van der Waals surface area contributed by atoms with E-state index >= 15 is 0 Å². The molecule has 0 aromatic heterocycles. The molecule has 0 bridgehead atoms.